The van der Waals surface area contributed by atoms with Crippen LogP contribution in [0.3, 0.4) is 0 Å². The van der Waals surface area contributed by atoms with Crippen LogP contribution in [0.1, 0.15) is 65.0 Å². The maximum atomic E-state index is 4.60. The number of aromatic amines is 1. The zero-order valence-electron chi connectivity index (χ0n) is 12.1. The van der Waals surface area contributed by atoms with Crippen LogP contribution in [0.5, 0.6) is 0 Å². The highest BCUT2D eigenvalue weighted by Gasteiger charge is 2.35. The average molecular weight is 238 g/mol. The molecule has 2 N–H and O–H groups in total. The molecule has 0 fully saturated rings. The highest BCUT2D eigenvalue weighted by molar-refractivity contribution is 5.08. The average Bonchev–Trinajstić information content (AvgIpc) is 2.75. The van der Waals surface area contributed by atoms with E-state index in [2.05, 4.69) is 62.0 Å². The monoisotopic (exact) mass is 238 g/mol. The van der Waals surface area contributed by atoms with E-state index in [1.807, 2.05) is 7.05 Å². The molecule has 17 heavy (non-hydrogen) atoms. The number of hydrogen-bond acceptors (Lipinski definition) is 3. The van der Waals surface area contributed by atoms with E-state index in [4.69, 9.17) is 0 Å². The Hall–Kier alpha value is -0.900. The number of aromatic nitrogens is 3. The van der Waals surface area contributed by atoms with Crippen molar-refractivity contribution in [2.75, 3.05) is 7.05 Å². The smallest absolute Gasteiger partial charge is 0.153 e. The molecule has 2 unspecified atom stereocenters. The first-order chi connectivity index (χ1) is 7.82. The molecule has 0 saturated heterocycles. The minimum absolute atomic E-state index is 0.0216. The Bertz CT molecular complexity index is 356. The van der Waals surface area contributed by atoms with Gasteiger partial charge in [0.15, 0.2) is 5.82 Å². The molecule has 0 amide bonds. The van der Waals surface area contributed by atoms with Crippen LogP contribution < -0.4 is 5.32 Å². The summed E-state index contributed by atoms with van der Waals surface area (Å²) in [5.41, 5.74) is 0.0216. The highest BCUT2D eigenvalue weighted by atomic mass is 15.2. The van der Waals surface area contributed by atoms with E-state index in [1.54, 1.807) is 0 Å². The second-order valence-corrected chi connectivity index (χ2v) is 5.64. The topological polar surface area (TPSA) is 53.6 Å². The quantitative estimate of drug-likeness (QED) is 0.829. The first-order valence-electron chi connectivity index (χ1n) is 6.44. The zero-order chi connectivity index (χ0) is 13.2. The van der Waals surface area contributed by atoms with Gasteiger partial charge in [-0.25, -0.2) is 4.98 Å². The van der Waals surface area contributed by atoms with Crippen LogP contribution in [0, 0.1) is 5.92 Å². The highest BCUT2D eigenvalue weighted by Crippen LogP contribution is 2.32. The lowest BCUT2D eigenvalue weighted by Crippen LogP contribution is -2.49. The van der Waals surface area contributed by atoms with Gasteiger partial charge < -0.3 is 5.32 Å². The van der Waals surface area contributed by atoms with Crippen molar-refractivity contribution in [2.45, 2.75) is 58.9 Å². The van der Waals surface area contributed by atoms with Crippen LogP contribution in [0.15, 0.2) is 0 Å². The number of rotatable bonds is 5. The first kappa shape index (κ1) is 14.2. The summed E-state index contributed by atoms with van der Waals surface area (Å²) in [6, 6.07) is 0. The van der Waals surface area contributed by atoms with Crippen molar-refractivity contribution in [3.05, 3.63) is 11.6 Å². The van der Waals surface area contributed by atoms with E-state index in [9.17, 15) is 0 Å². The van der Waals surface area contributed by atoms with E-state index in [-0.39, 0.29) is 5.54 Å². The molecule has 0 aromatic carbocycles. The SMILES string of the molecule is CNC(C)(C(C)C)C(C)c1nc(C(C)C)n[nH]1. The Labute approximate surface area is 105 Å². The van der Waals surface area contributed by atoms with Crippen LogP contribution in [0.25, 0.3) is 0 Å². The van der Waals surface area contributed by atoms with Crippen LogP contribution >= 0.6 is 0 Å². The summed E-state index contributed by atoms with van der Waals surface area (Å²) in [4.78, 5) is 4.60. The Morgan fingerprint density at radius 2 is 1.76 bits per heavy atom. The molecule has 1 rings (SSSR count). The van der Waals surface area contributed by atoms with Crippen molar-refractivity contribution in [1.82, 2.24) is 20.5 Å². The predicted molar refractivity (Wildman–Crippen MR) is 71.2 cm³/mol. The summed E-state index contributed by atoms with van der Waals surface area (Å²) in [6.07, 6.45) is 0. The normalized spacial score (nSPS) is 17.5. The first-order valence-corrected chi connectivity index (χ1v) is 6.44. The molecule has 0 aliphatic heterocycles. The maximum Gasteiger partial charge on any atom is 0.153 e. The Kier molecular flexibility index (Phi) is 4.31. The summed E-state index contributed by atoms with van der Waals surface area (Å²) >= 11 is 0. The standard InChI is InChI=1S/C13H26N4/c1-8(2)11-15-12(17-16-11)10(5)13(6,14-7)9(3)4/h8-10,14H,1-7H3,(H,15,16,17). The molecule has 1 heterocycles. The van der Waals surface area contributed by atoms with Crippen LogP contribution in [-0.2, 0) is 0 Å². The summed E-state index contributed by atoms with van der Waals surface area (Å²) in [6.45, 7) is 13.1. The van der Waals surface area contributed by atoms with Crippen LogP contribution in [0.2, 0.25) is 0 Å². The van der Waals surface area contributed by atoms with E-state index in [1.165, 1.54) is 0 Å². The lowest BCUT2D eigenvalue weighted by molar-refractivity contribution is 0.231. The van der Waals surface area contributed by atoms with Gasteiger partial charge >= 0.3 is 0 Å². The molecule has 1 aromatic rings. The van der Waals surface area contributed by atoms with Crippen molar-refractivity contribution < 1.29 is 0 Å². The fourth-order valence-corrected chi connectivity index (χ4v) is 2.03. The minimum Gasteiger partial charge on any atom is -0.314 e. The van der Waals surface area contributed by atoms with E-state index >= 15 is 0 Å². The van der Waals surface area contributed by atoms with Crippen LogP contribution in [-0.4, -0.2) is 27.8 Å². The fraction of sp³-hybridized carbons (Fsp3) is 0.846. The molecular formula is C13H26N4. The molecule has 98 valence electrons. The van der Waals surface area contributed by atoms with Crippen molar-refractivity contribution in [1.29, 1.82) is 0 Å². The van der Waals surface area contributed by atoms with Gasteiger partial charge in [-0.05, 0) is 19.9 Å². The zero-order valence-corrected chi connectivity index (χ0v) is 12.1. The van der Waals surface area contributed by atoms with Crippen molar-refractivity contribution in [3.8, 4) is 0 Å². The summed E-state index contributed by atoms with van der Waals surface area (Å²) in [5.74, 6) is 3.06. The van der Waals surface area contributed by atoms with E-state index in [0.29, 0.717) is 17.8 Å². The number of hydrogen-bond donors (Lipinski definition) is 2. The van der Waals surface area contributed by atoms with E-state index in [0.717, 1.165) is 11.6 Å². The van der Waals surface area contributed by atoms with Crippen molar-refractivity contribution in [2.24, 2.45) is 5.92 Å². The third kappa shape index (κ3) is 2.68. The van der Waals surface area contributed by atoms with Gasteiger partial charge in [0.25, 0.3) is 0 Å². The second kappa shape index (κ2) is 5.17. The summed E-state index contributed by atoms with van der Waals surface area (Å²) in [5, 5.41) is 10.8. The van der Waals surface area contributed by atoms with Gasteiger partial charge in [0, 0.05) is 17.4 Å². The maximum absolute atomic E-state index is 4.60. The summed E-state index contributed by atoms with van der Waals surface area (Å²) < 4.78 is 0. The molecule has 4 heteroatoms. The number of H-pyrrole nitrogens is 1. The van der Waals surface area contributed by atoms with Gasteiger partial charge in [0.1, 0.15) is 5.82 Å². The summed E-state index contributed by atoms with van der Waals surface area (Å²) in [7, 11) is 2.01. The lowest BCUT2D eigenvalue weighted by Gasteiger charge is -2.38. The van der Waals surface area contributed by atoms with Gasteiger partial charge in [0.05, 0.1) is 0 Å². The molecular weight excluding hydrogens is 212 g/mol. The van der Waals surface area contributed by atoms with E-state index < -0.39 is 0 Å². The Morgan fingerprint density at radius 1 is 1.18 bits per heavy atom. The van der Waals surface area contributed by atoms with Gasteiger partial charge in [0.2, 0.25) is 0 Å². The van der Waals surface area contributed by atoms with Gasteiger partial charge in [-0.1, -0.05) is 34.6 Å². The lowest BCUT2D eigenvalue weighted by atomic mass is 9.77. The third-order valence-electron chi connectivity index (χ3n) is 4.08. The molecule has 0 aliphatic rings. The van der Waals surface area contributed by atoms with Crippen molar-refractivity contribution in [3.63, 3.8) is 0 Å². The number of nitrogens with one attached hydrogen (secondary N) is 2. The second-order valence-electron chi connectivity index (χ2n) is 5.64. The molecule has 1 aromatic heterocycles. The molecule has 0 saturated carbocycles. The van der Waals surface area contributed by atoms with Gasteiger partial charge in [-0.15, -0.1) is 0 Å². The third-order valence-corrected chi connectivity index (χ3v) is 4.08. The van der Waals surface area contributed by atoms with Crippen LogP contribution in [0.4, 0.5) is 0 Å². The minimum atomic E-state index is 0.0216. The molecule has 0 spiro atoms. The number of nitrogens with zero attached hydrogens (tertiary/aromatic N) is 2. The van der Waals surface area contributed by atoms with Gasteiger partial charge in [-0.3, -0.25) is 5.10 Å². The molecule has 0 bridgehead atoms. The molecule has 2 atom stereocenters. The predicted octanol–water partition coefficient (Wildman–Crippen LogP) is 2.67. The largest absolute Gasteiger partial charge is 0.314 e. The molecule has 0 radical (unpaired) electrons. The number of likely N-dealkylation sites (N-methyl/N-ethyl adjacent to an activating group) is 1. The molecule has 0 aliphatic carbocycles. The molecule has 4 nitrogen and oxygen atoms in total. The Balaban J connectivity index is 2.98. The fourth-order valence-electron chi connectivity index (χ4n) is 2.03. The van der Waals surface area contributed by atoms with Gasteiger partial charge in [-0.2, -0.15) is 5.10 Å². The van der Waals surface area contributed by atoms with Crippen molar-refractivity contribution >= 4 is 0 Å². The Morgan fingerprint density at radius 3 is 2.12 bits per heavy atom.